The monoisotopic (exact) mass is 446 g/mol. The van der Waals surface area contributed by atoms with Crippen LogP contribution in [0.1, 0.15) is 12.8 Å². The molecule has 11 heteroatoms. The summed E-state index contributed by atoms with van der Waals surface area (Å²) in [6.07, 6.45) is 0.736. The number of hydrogen-bond donors (Lipinski definition) is 1. The molecule has 1 N–H and O–H groups in total. The molecule has 1 aromatic heterocycles. The molecule has 158 valence electrons. The Bertz CT molecular complexity index is 943. The first-order valence-corrected chi connectivity index (χ1v) is 11.1. The number of carbonyl (C=O) groups is 1. The molecule has 0 unspecified atom stereocenters. The minimum absolute atomic E-state index is 0.121. The lowest BCUT2D eigenvalue weighted by molar-refractivity contribution is -0.120. The fraction of sp³-hybridized carbons (Fsp3) is 0.389. The maximum Gasteiger partial charge on any atom is 0.387 e. The van der Waals surface area contributed by atoms with Crippen molar-refractivity contribution < 1.29 is 31.5 Å². The lowest BCUT2D eigenvalue weighted by atomic mass is 9.97. The molecule has 7 nitrogen and oxygen atoms in total. The summed E-state index contributed by atoms with van der Waals surface area (Å²) in [6.45, 7) is -2.55. The van der Waals surface area contributed by atoms with E-state index in [9.17, 15) is 22.0 Å². The molecule has 1 aromatic carbocycles. The molecule has 0 spiro atoms. The molecule has 1 saturated heterocycles. The van der Waals surface area contributed by atoms with Gasteiger partial charge in [-0.3, -0.25) is 4.79 Å². The Kier molecular flexibility index (Phi) is 6.70. The van der Waals surface area contributed by atoms with E-state index in [1.54, 1.807) is 17.5 Å². The molecule has 0 atom stereocenters. The average Bonchev–Trinajstić information content (AvgIpc) is 3.23. The Labute approximate surface area is 171 Å². The Hall–Kier alpha value is -2.24. The van der Waals surface area contributed by atoms with E-state index in [0.29, 0.717) is 18.5 Å². The second kappa shape index (κ2) is 9.06. The molecule has 3 rings (SSSR count). The van der Waals surface area contributed by atoms with Crippen LogP contribution in [-0.4, -0.2) is 45.4 Å². The van der Waals surface area contributed by atoms with E-state index < -0.39 is 16.6 Å². The van der Waals surface area contributed by atoms with Gasteiger partial charge in [-0.1, -0.05) is 6.07 Å². The normalized spacial score (nSPS) is 16.0. The molecule has 2 aromatic rings. The average molecular weight is 446 g/mol. The smallest absolute Gasteiger partial charge is 0.387 e. The van der Waals surface area contributed by atoms with Gasteiger partial charge in [0.1, 0.15) is 4.21 Å². The fourth-order valence-corrected chi connectivity index (χ4v) is 5.70. The Balaban J connectivity index is 1.61. The van der Waals surface area contributed by atoms with Gasteiger partial charge in [-0.25, -0.2) is 8.42 Å². The predicted molar refractivity (Wildman–Crippen MR) is 104 cm³/mol. The molecule has 1 fully saturated rings. The van der Waals surface area contributed by atoms with Crippen LogP contribution in [0.5, 0.6) is 11.5 Å². The maximum atomic E-state index is 12.6. The first-order chi connectivity index (χ1) is 13.8. The van der Waals surface area contributed by atoms with Gasteiger partial charge in [0.25, 0.3) is 10.0 Å². The SMILES string of the molecule is COc1ccc(NC(=O)C2CCN(S(=O)(=O)c3cccs3)CC2)cc1OC(F)F. The molecule has 29 heavy (non-hydrogen) atoms. The van der Waals surface area contributed by atoms with Crippen LogP contribution in [0, 0.1) is 5.92 Å². The highest BCUT2D eigenvalue weighted by Gasteiger charge is 2.32. The van der Waals surface area contributed by atoms with Crippen molar-refractivity contribution in [3.8, 4) is 11.5 Å². The quantitative estimate of drug-likeness (QED) is 0.705. The number of anilines is 1. The largest absolute Gasteiger partial charge is 0.493 e. The van der Waals surface area contributed by atoms with Crippen LogP contribution in [0.2, 0.25) is 0 Å². The summed E-state index contributed by atoms with van der Waals surface area (Å²) in [6, 6.07) is 7.44. The Morgan fingerprint density at radius 2 is 1.97 bits per heavy atom. The number of benzene rings is 1. The van der Waals surface area contributed by atoms with Gasteiger partial charge in [-0.2, -0.15) is 13.1 Å². The van der Waals surface area contributed by atoms with Crippen molar-refractivity contribution in [2.45, 2.75) is 23.7 Å². The zero-order valence-electron chi connectivity index (χ0n) is 15.5. The summed E-state index contributed by atoms with van der Waals surface area (Å²) < 4.78 is 61.2. The molecular weight excluding hydrogens is 426 g/mol. The molecule has 1 aliphatic heterocycles. The zero-order valence-corrected chi connectivity index (χ0v) is 17.1. The standard InChI is InChI=1S/C18H20F2N2O5S2/c1-26-14-5-4-13(11-15(14)27-18(19)20)21-17(23)12-6-8-22(9-7-12)29(24,25)16-3-2-10-28-16/h2-5,10-12,18H,6-9H2,1H3,(H,21,23). The van der Waals surface area contributed by atoms with Crippen molar-refractivity contribution in [3.63, 3.8) is 0 Å². The van der Waals surface area contributed by atoms with E-state index in [0.717, 1.165) is 11.3 Å². The number of ether oxygens (including phenoxy) is 2. The molecule has 1 amide bonds. The van der Waals surface area contributed by atoms with Gasteiger partial charge in [0, 0.05) is 30.8 Å². The Morgan fingerprint density at radius 1 is 1.24 bits per heavy atom. The number of rotatable bonds is 7. The Morgan fingerprint density at radius 3 is 2.55 bits per heavy atom. The topological polar surface area (TPSA) is 84.9 Å². The highest BCUT2D eigenvalue weighted by atomic mass is 32.2. The van der Waals surface area contributed by atoms with E-state index in [1.807, 2.05) is 0 Å². The number of amides is 1. The van der Waals surface area contributed by atoms with Crippen LogP contribution in [0.15, 0.2) is 39.9 Å². The van der Waals surface area contributed by atoms with Crippen LogP contribution >= 0.6 is 11.3 Å². The van der Waals surface area contributed by atoms with Crippen molar-refractivity contribution in [2.24, 2.45) is 5.92 Å². The number of piperidine rings is 1. The number of alkyl halides is 2. The first-order valence-electron chi connectivity index (χ1n) is 8.78. The summed E-state index contributed by atoms with van der Waals surface area (Å²) in [7, 11) is -2.21. The van der Waals surface area contributed by atoms with Gasteiger partial charge >= 0.3 is 6.61 Å². The third-order valence-electron chi connectivity index (χ3n) is 4.56. The molecule has 0 aliphatic carbocycles. The van der Waals surface area contributed by atoms with Gasteiger partial charge in [0.2, 0.25) is 5.91 Å². The minimum atomic E-state index is -3.53. The van der Waals surface area contributed by atoms with Crippen LogP contribution in [0.4, 0.5) is 14.5 Å². The molecule has 0 radical (unpaired) electrons. The maximum absolute atomic E-state index is 12.6. The van der Waals surface area contributed by atoms with E-state index in [4.69, 9.17) is 4.74 Å². The minimum Gasteiger partial charge on any atom is -0.493 e. The summed E-state index contributed by atoms with van der Waals surface area (Å²) >= 11 is 1.16. The zero-order chi connectivity index (χ0) is 21.0. The number of sulfonamides is 1. The van der Waals surface area contributed by atoms with Crippen LogP contribution in [0.3, 0.4) is 0 Å². The van der Waals surface area contributed by atoms with Crippen LogP contribution in [-0.2, 0) is 14.8 Å². The highest BCUT2D eigenvalue weighted by molar-refractivity contribution is 7.91. The molecular formula is C18H20F2N2O5S2. The van der Waals surface area contributed by atoms with E-state index in [2.05, 4.69) is 10.1 Å². The van der Waals surface area contributed by atoms with Crippen molar-refractivity contribution in [1.29, 1.82) is 0 Å². The van der Waals surface area contributed by atoms with Crippen molar-refractivity contribution in [3.05, 3.63) is 35.7 Å². The van der Waals surface area contributed by atoms with Crippen LogP contribution in [0.25, 0.3) is 0 Å². The van der Waals surface area contributed by atoms with E-state index in [1.165, 1.54) is 29.6 Å². The molecule has 2 heterocycles. The lowest BCUT2D eigenvalue weighted by Gasteiger charge is -2.30. The predicted octanol–water partition coefficient (Wildman–Crippen LogP) is 3.40. The van der Waals surface area contributed by atoms with E-state index in [-0.39, 0.29) is 40.6 Å². The number of nitrogens with zero attached hydrogens (tertiary/aromatic N) is 1. The third kappa shape index (κ3) is 5.03. The van der Waals surface area contributed by atoms with Crippen molar-refractivity contribution in [2.75, 3.05) is 25.5 Å². The summed E-state index contributed by atoms with van der Waals surface area (Å²) in [5.41, 5.74) is 0.292. The number of halogens is 2. The van der Waals surface area contributed by atoms with Gasteiger partial charge < -0.3 is 14.8 Å². The van der Waals surface area contributed by atoms with Gasteiger partial charge in [-0.15, -0.1) is 11.3 Å². The molecule has 0 bridgehead atoms. The summed E-state index contributed by atoms with van der Waals surface area (Å²) in [5, 5.41) is 4.37. The number of methoxy groups -OCH3 is 1. The molecule has 0 saturated carbocycles. The number of thiophene rings is 1. The van der Waals surface area contributed by atoms with Gasteiger partial charge in [0.15, 0.2) is 11.5 Å². The second-order valence-electron chi connectivity index (χ2n) is 6.34. The van der Waals surface area contributed by atoms with Gasteiger partial charge in [-0.05, 0) is 36.4 Å². The van der Waals surface area contributed by atoms with E-state index >= 15 is 0 Å². The first kappa shape index (κ1) is 21.5. The fourth-order valence-electron chi connectivity index (χ4n) is 3.08. The van der Waals surface area contributed by atoms with Crippen LogP contribution < -0.4 is 14.8 Å². The highest BCUT2D eigenvalue weighted by Crippen LogP contribution is 2.32. The lowest BCUT2D eigenvalue weighted by Crippen LogP contribution is -2.41. The number of nitrogens with one attached hydrogen (secondary N) is 1. The summed E-state index contributed by atoms with van der Waals surface area (Å²) in [5.74, 6) is -0.745. The van der Waals surface area contributed by atoms with Crippen molar-refractivity contribution >= 4 is 33.0 Å². The number of hydrogen-bond acceptors (Lipinski definition) is 6. The van der Waals surface area contributed by atoms with Gasteiger partial charge in [0.05, 0.1) is 7.11 Å². The summed E-state index contributed by atoms with van der Waals surface area (Å²) in [4.78, 5) is 12.5. The van der Waals surface area contributed by atoms with Crippen molar-refractivity contribution in [1.82, 2.24) is 4.31 Å². The number of carbonyl (C=O) groups excluding carboxylic acids is 1. The molecule has 1 aliphatic rings. The third-order valence-corrected chi connectivity index (χ3v) is 7.83. The second-order valence-corrected chi connectivity index (χ2v) is 9.46.